The molecule has 0 aromatic heterocycles. The van der Waals surface area contributed by atoms with Gasteiger partial charge in [-0.1, -0.05) is 58.8 Å². The second-order valence-corrected chi connectivity index (χ2v) is 7.11. The number of benzene rings is 3. The van der Waals surface area contributed by atoms with E-state index in [9.17, 15) is 39.9 Å². The van der Waals surface area contributed by atoms with Crippen molar-refractivity contribution in [1.29, 1.82) is 0 Å². The van der Waals surface area contributed by atoms with Crippen LogP contribution in [-0.2, 0) is 4.79 Å². The molecule has 0 aliphatic heterocycles. The summed E-state index contributed by atoms with van der Waals surface area (Å²) in [5.74, 6) is -8.16. The third kappa shape index (κ3) is 4.81. The van der Waals surface area contributed by atoms with Crippen LogP contribution in [0.4, 0.5) is 11.4 Å². The van der Waals surface area contributed by atoms with Crippen LogP contribution >= 0.6 is 0 Å². The quantitative estimate of drug-likeness (QED) is 0.0628. The van der Waals surface area contributed by atoms with Gasteiger partial charge in [0, 0.05) is 26.6 Å². The van der Waals surface area contributed by atoms with Gasteiger partial charge in [0.2, 0.25) is 34.6 Å². The predicted octanol–water partition coefficient (Wildman–Crippen LogP) is 4.79. The van der Waals surface area contributed by atoms with Crippen LogP contribution in [0.15, 0.2) is 58.8 Å². The molecule has 0 saturated heterocycles. The summed E-state index contributed by atoms with van der Waals surface area (Å²) in [6.07, 6.45) is 2.98. The van der Waals surface area contributed by atoms with Crippen molar-refractivity contribution in [1.82, 2.24) is 0 Å². The normalized spacial score (nSPS) is 11.4. The highest BCUT2D eigenvalue weighted by Crippen LogP contribution is 2.51. The first-order valence-electron chi connectivity index (χ1n) is 9.96. The number of ketones is 3. The molecule has 184 valence electrons. The van der Waals surface area contributed by atoms with Crippen molar-refractivity contribution < 1.29 is 39.9 Å². The lowest BCUT2D eigenvalue weighted by molar-refractivity contribution is -0.110. The van der Waals surface area contributed by atoms with E-state index in [-0.39, 0.29) is 5.69 Å². The summed E-state index contributed by atoms with van der Waals surface area (Å²) >= 11 is 0. The zero-order valence-corrected chi connectivity index (χ0v) is 18.3. The highest BCUT2D eigenvalue weighted by Gasteiger charge is 2.29. The number of carbonyl (C=O) groups is 3. The number of fused-ring (bicyclic) bond motifs is 1. The molecule has 0 heterocycles. The van der Waals surface area contributed by atoms with Gasteiger partial charge in [0.1, 0.15) is 5.56 Å². The number of rotatable bonds is 4. The molecular weight excluding hydrogens is 488 g/mol. The van der Waals surface area contributed by atoms with E-state index >= 15 is 0 Å². The molecule has 14 heteroatoms. The van der Waals surface area contributed by atoms with E-state index in [2.05, 4.69) is 20.1 Å². The molecule has 1 aliphatic rings. The number of phenols is 5. The van der Waals surface area contributed by atoms with Gasteiger partial charge < -0.3 is 25.5 Å². The first-order valence-corrected chi connectivity index (χ1v) is 9.96. The minimum Gasteiger partial charge on any atom is -0.504 e. The van der Waals surface area contributed by atoms with Crippen LogP contribution in [0, 0.1) is 0 Å². The van der Waals surface area contributed by atoms with Crippen molar-refractivity contribution in [3.63, 3.8) is 0 Å². The van der Waals surface area contributed by atoms with Crippen LogP contribution in [-0.4, -0.2) is 42.9 Å². The molecule has 3 aromatic carbocycles. The predicted molar refractivity (Wildman–Crippen MR) is 127 cm³/mol. The lowest BCUT2D eigenvalue weighted by Crippen LogP contribution is -2.15. The molecule has 37 heavy (non-hydrogen) atoms. The van der Waals surface area contributed by atoms with E-state index in [1.807, 2.05) is 12.1 Å². The molecule has 0 bridgehead atoms. The maximum Gasteiger partial charge on any atom is 0.233 e. The number of azide groups is 2. The van der Waals surface area contributed by atoms with Crippen molar-refractivity contribution in [2.75, 3.05) is 0 Å². The van der Waals surface area contributed by atoms with Crippen molar-refractivity contribution >= 4 is 34.8 Å². The number of carbonyl (C=O) groups excluding carboxylic acids is 3. The fraction of sp³-hybridized carbons (Fsp3) is 0. The highest BCUT2D eigenvalue weighted by molar-refractivity contribution is 6.49. The third-order valence-electron chi connectivity index (χ3n) is 5.00. The summed E-state index contributed by atoms with van der Waals surface area (Å²) in [5, 5.41) is 54.5. The Kier molecular flexibility index (Phi) is 7.30. The second kappa shape index (κ2) is 10.5. The fourth-order valence-corrected chi connectivity index (χ4v) is 3.25. The van der Waals surface area contributed by atoms with Crippen LogP contribution in [0.25, 0.3) is 27.0 Å². The Morgan fingerprint density at radius 1 is 0.730 bits per heavy atom. The summed E-state index contributed by atoms with van der Waals surface area (Å²) in [6, 6.07) is 10.7. The van der Waals surface area contributed by atoms with E-state index in [1.54, 1.807) is 18.2 Å². The Balaban J connectivity index is 0.000000262. The summed E-state index contributed by atoms with van der Waals surface area (Å²) < 4.78 is 0. The molecule has 0 radical (unpaired) electrons. The van der Waals surface area contributed by atoms with Gasteiger partial charge in [-0.25, -0.2) is 0 Å². The maximum absolute atomic E-state index is 12.6. The van der Waals surface area contributed by atoms with E-state index in [0.29, 0.717) is 5.56 Å². The lowest BCUT2D eigenvalue weighted by atomic mass is 9.96. The van der Waals surface area contributed by atoms with Gasteiger partial charge in [-0.3, -0.25) is 14.4 Å². The largest absolute Gasteiger partial charge is 0.504 e. The van der Waals surface area contributed by atoms with Crippen molar-refractivity contribution in [3.05, 3.63) is 91.7 Å². The number of allylic oxidation sites excluding steroid dienone is 1. The van der Waals surface area contributed by atoms with Gasteiger partial charge in [-0.05, 0) is 22.7 Å². The molecule has 0 spiro atoms. The first-order chi connectivity index (χ1) is 17.6. The van der Waals surface area contributed by atoms with Crippen LogP contribution < -0.4 is 0 Å². The van der Waals surface area contributed by atoms with Gasteiger partial charge in [-0.15, -0.1) is 0 Å². The molecule has 5 N–H and O–H groups in total. The van der Waals surface area contributed by atoms with Crippen molar-refractivity contribution in [2.24, 2.45) is 10.2 Å². The van der Waals surface area contributed by atoms with Crippen LogP contribution in [0.1, 0.15) is 31.8 Å². The Morgan fingerprint density at radius 3 is 1.95 bits per heavy atom. The average molecular weight is 502 g/mol. The number of Topliss-reactive ketones (excluding diaryl/α,β-unsaturated/α-hetero) is 1. The topological polar surface area (TPSA) is 250 Å². The highest BCUT2D eigenvalue weighted by atomic mass is 16.4. The molecular formula is C23H14N6O8. The van der Waals surface area contributed by atoms with Gasteiger partial charge in [0.15, 0.2) is 11.5 Å². The SMILES string of the molecule is O=C1C=Cc2ccccc2C1=O.[N-]=[N+]=Nc1cccc(C(=O)c2c(O)c(O)c(O)c(O)c2O)c1N=[N+]=[N-]. The van der Waals surface area contributed by atoms with E-state index in [1.165, 1.54) is 18.2 Å². The molecule has 0 unspecified atom stereocenters. The number of hydrogen-bond donors (Lipinski definition) is 5. The van der Waals surface area contributed by atoms with Gasteiger partial charge in [0.25, 0.3) is 0 Å². The molecule has 14 nitrogen and oxygen atoms in total. The molecule has 0 fully saturated rings. The van der Waals surface area contributed by atoms with E-state index in [4.69, 9.17) is 11.1 Å². The zero-order chi connectivity index (χ0) is 27.3. The molecule has 0 amide bonds. The molecule has 4 rings (SSSR count). The molecule has 0 atom stereocenters. The van der Waals surface area contributed by atoms with E-state index in [0.717, 1.165) is 11.6 Å². The summed E-state index contributed by atoms with van der Waals surface area (Å²) in [7, 11) is 0. The minimum absolute atomic E-state index is 0.211. The van der Waals surface area contributed by atoms with Gasteiger partial charge in [0.05, 0.1) is 5.69 Å². The summed E-state index contributed by atoms with van der Waals surface area (Å²) in [4.78, 5) is 39.8. The Morgan fingerprint density at radius 2 is 1.32 bits per heavy atom. The molecule has 1 aliphatic carbocycles. The van der Waals surface area contributed by atoms with Gasteiger partial charge >= 0.3 is 0 Å². The Hall–Kier alpha value is -5.97. The molecule has 0 saturated carbocycles. The smallest absolute Gasteiger partial charge is 0.233 e. The van der Waals surface area contributed by atoms with Gasteiger partial charge in [-0.2, -0.15) is 0 Å². The fourth-order valence-electron chi connectivity index (χ4n) is 3.25. The number of hydrogen-bond acceptors (Lipinski definition) is 10. The van der Waals surface area contributed by atoms with Crippen molar-refractivity contribution in [3.8, 4) is 28.7 Å². The Bertz CT molecular complexity index is 1570. The van der Waals surface area contributed by atoms with Crippen molar-refractivity contribution in [2.45, 2.75) is 0 Å². The number of nitrogens with zero attached hydrogens (tertiary/aromatic N) is 6. The van der Waals surface area contributed by atoms with Crippen LogP contribution in [0.3, 0.4) is 0 Å². The number of aromatic hydroxyl groups is 5. The lowest BCUT2D eigenvalue weighted by Gasteiger charge is -2.13. The second-order valence-electron chi connectivity index (χ2n) is 7.11. The number of phenolic OH excluding ortho intramolecular Hbond substituents is 5. The monoisotopic (exact) mass is 502 g/mol. The first kappa shape index (κ1) is 25.6. The van der Waals surface area contributed by atoms with Crippen LogP contribution in [0.2, 0.25) is 0 Å². The Labute approximate surface area is 205 Å². The molecule has 3 aromatic rings. The van der Waals surface area contributed by atoms with Crippen LogP contribution in [0.5, 0.6) is 28.7 Å². The maximum atomic E-state index is 12.6. The standard InChI is InChI=1S/C13H8N6O6.C10H6O2/c14-18-16-5-3-1-2-4(7(5)17-19-15)8(20)6-9(21)11(23)13(25)12(24)10(6)22;11-9-6-5-7-3-1-2-4-8(7)10(9)12/h1-3,21-25H;1-6H. The summed E-state index contributed by atoms with van der Waals surface area (Å²) in [6.45, 7) is 0. The third-order valence-corrected chi connectivity index (χ3v) is 5.00. The average Bonchev–Trinajstić information content (AvgIpc) is 2.90. The zero-order valence-electron chi connectivity index (χ0n) is 18.3. The summed E-state index contributed by atoms with van der Waals surface area (Å²) in [5.41, 5.74) is 16.5. The minimum atomic E-state index is -1.24. The van der Waals surface area contributed by atoms with E-state index < -0.39 is 62.9 Å².